The molecule has 1 saturated heterocycles. The van der Waals surface area contributed by atoms with E-state index in [0.717, 1.165) is 13.1 Å². The normalized spacial score (nSPS) is 22.6. The molecule has 1 unspecified atom stereocenters. The van der Waals surface area contributed by atoms with Gasteiger partial charge in [0.2, 0.25) is 5.91 Å². The number of rotatable bonds is 1. The molecule has 82 valence electrons. The maximum Gasteiger partial charge on any atom is 0.237 e. The molecule has 1 fully saturated rings. The molecule has 0 spiro atoms. The highest BCUT2D eigenvalue weighted by atomic mass is 16.2. The lowest BCUT2D eigenvalue weighted by atomic mass is 9.86. The molecule has 1 heterocycles. The van der Waals surface area contributed by atoms with Gasteiger partial charge >= 0.3 is 0 Å². The molecule has 0 aromatic rings. The first-order valence-electron chi connectivity index (χ1n) is 5.30. The van der Waals surface area contributed by atoms with E-state index in [1.165, 1.54) is 0 Å². The van der Waals surface area contributed by atoms with Gasteiger partial charge in [0, 0.05) is 19.1 Å². The first kappa shape index (κ1) is 11.5. The van der Waals surface area contributed by atoms with Crippen LogP contribution in [0, 0.1) is 5.41 Å². The van der Waals surface area contributed by atoms with Crippen molar-refractivity contribution >= 4 is 5.91 Å². The molecule has 1 rings (SSSR count). The largest absolute Gasteiger partial charge is 0.337 e. The third-order valence-corrected chi connectivity index (χ3v) is 3.17. The van der Waals surface area contributed by atoms with Crippen molar-refractivity contribution in [3.63, 3.8) is 0 Å². The first-order valence-corrected chi connectivity index (χ1v) is 5.30. The fourth-order valence-electron chi connectivity index (χ4n) is 1.68. The third kappa shape index (κ3) is 2.47. The zero-order valence-electron chi connectivity index (χ0n) is 10.0. The molecule has 1 amide bonds. The Balaban J connectivity index is 2.65. The Morgan fingerprint density at radius 1 is 1.29 bits per heavy atom. The molecule has 1 atom stereocenters. The molecular weight excluding hydrogens is 176 g/mol. The summed E-state index contributed by atoms with van der Waals surface area (Å²) in [5.41, 5.74) is 0.172. The molecule has 0 N–H and O–H groups in total. The van der Waals surface area contributed by atoms with E-state index in [2.05, 4.69) is 32.6 Å². The average molecular weight is 198 g/mol. The lowest BCUT2D eigenvalue weighted by molar-refractivity contribution is -0.140. The van der Waals surface area contributed by atoms with Gasteiger partial charge in [-0.15, -0.1) is 0 Å². The summed E-state index contributed by atoms with van der Waals surface area (Å²) in [6.45, 7) is 11.1. The number of hydrogen-bond donors (Lipinski definition) is 0. The van der Waals surface area contributed by atoms with Crippen LogP contribution >= 0.6 is 0 Å². The lowest BCUT2D eigenvalue weighted by Gasteiger charge is -2.42. The van der Waals surface area contributed by atoms with Crippen LogP contribution in [0.4, 0.5) is 0 Å². The van der Waals surface area contributed by atoms with Crippen LogP contribution in [-0.4, -0.2) is 48.4 Å². The highest BCUT2D eigenvalue weighted by Gasteiger charge is 2.32. The van der Waals surface area contributed by atoms with Gasteiger partial charge in [0.25, 0.3) is 0 Å². The van der Waals surface area contributed by atoms with Crippen LogP contribution in [0.5, 0.6) is 0 Å². The van der Waals surface area contributed by atoms with Crippen LogP contribution in [0.15, 0.2) is 0 Å². The van der Waals surface area contributed by atoms with Crippen molar-refractivity contribution in [1.29, 1.82) is 0 Å². The van der Waals surface area contributed by atoms with Gasteiger partial charge in [-0.05, 0) is 19.4 Å². The summed E-state index contributed by atoms with van der Waals surface area (Å²) < 4.78 is 0. The van der Waals surface area contributed by atoms with E-state index in [1.54, 1.807) is 0 Å². The van der Waals surface area contributed by atoms with Gasteiger partial charge in [-0.3, -0.25) is 9.69 Å². The van der Waals surface area contributed by atoms with Gasteiger partial charge in [0.05, 0.1) is 6.54 Å². The van der Waals surface area contributed by atoms with E-state index in [1.807, 2.05) is 11.9 Å². The van der Waals surface area contributed by atoms with Gasteiger partial charge in [-0.1, -0.05) is 20.8 Å². The Labute approximate surface area is 87.1 Å². The standard InChI is InChI=1S/C11H22N2O/c1-9(11(2,3)4)13-7-6-12(5)8-10(13)14/h9H,6-8H2,1-5H3. The Hall–Kier alpha value is -0.570. The van der Waals surface area contributed by atoms with Crippen LogP contribution in [0.25, 0.3) is 0 Å². The lowest BCUT2D eigenvalue weighted by Crippen LogP contribution is -2.55. The minimum Gasteiger partial charge on any atom is -0.337 e. The molecule has 0 bridgehead atoms. The minimum absolute atomic E-state index is 0.172. The van der Waals surface area contributed by atoms with E-state index in [0.29, 0.717) is 12.6 Å². The quantitative estimate of drug-likeness (QED) is 0.632. The molecule has 14 heavy (non-hydrogen) atoms. The van der Waals surface area contributed by atoms with Crippen molar-refractivity contribution in [2.75, 3.05) is 26.7 Å². The van der Waals surface area contributed by atoms with E-state index in [4.69, 9.17) is 0 Å². The maximum absolute atomic E-state index is 11.8. The van der Waals surface area contributed by atoms with Crippen LogP contribution in [-0.2, 0) is 4.79 Å². The average Bonchev–Trinajstić information content (AvgIpc) is 2.01. The summed E-state index contributed by atoms with van der Waals surface area (Å²) in [6.07, 6.45) is 0. The van der Waals surface area contributed by atoms with Crippen LogP contribution < -0.4 is 0 Å². The summed E-state index contributed by atoms with van der Waals surface area (Å²) in [7, 11) is 2.00. The number of nitrogens with zero attached hydrogens (tertiary/aromatic N) is 2. The number of amides is 1. The summed E-state index contributed by atoms with van der Waals surface area (Å²) in [6, 6.07) is 0.323. The van der Waals surface area contributed by atoms with E-state index >= 15 is 0 Å². The molecule has 1 aliphatic heterocycles. The van der Waals surface area contributed by atoms with Gasteiger partial charge in [-0.2, -0.15) is 0 Å². The SMILES string of the molecule is CC(N1CCN(C)CC1=O)C(C)(C)C. The highest BCUT2D eigenvalue weighted by Crippen LogP contribution is 2.24. The van der Waals surface area contributed by atoms with Gasteiger partial charge in [0.1, 0.15) is 0 Å². The monoisotopic (exact) mass is 198 g/mol. The first-order chi connectivity index (χ1) is 6.32. The van der Waals surface area contributed by atoms with E-state index < -0.39 is 0 Å². The number of hydrogen-bond acceptors (Lipinski definition) is 2. The van der Waals surface area contributed by atoms with Crippen LogP contribution in [0.3, 0.4) is 0 Å². The molecule has 3 nitrogen and oxygen atoms in total. The van der Waals surface area contributed by atoms with Crippen molar-refractivity contribution in [3.8, 4) is 0 Å². The maximum atomic E-state index is 11.8. The zero-order chi connectivity index (χ0) is 10.9. The third-order valence-electron chi connectivity index (χ3n) is 3.17. The predicted molar refractivity (Wildman–Crippen MR) is 58.1 cm³/mol. The van der Waals surface area contributed by atoms with Crippen molar-refractivity contribution in [2.45, 2.75) is 33.7 Å². The van der Waals surface area contributed by atoms with Crippen LogP contribution in [0.2, 0.25) is 0 Å². The Bertz CT molecular complexity index is 220. The van der Waals surface area contributed by atoms with E-state index in [-0.39, 0.29) is 11.3 Å². The summed E-state index contributed by atoms with van der Waals surface area (Å²) in [4.78, 5) is 15.9. The summed E-state index contributed by atoms with van der Waals surface area (Å²) in [5, 5.41) is 0. The number of carbonyl (C=O) groups excluding carboxylic acids is 1. The van der Waals surface area contributed by atoms with Gasteiger partial charge < -0.3 is 4.90 Å². The molecular formula is C11H22N2O. The molecule has 3 heteroatoms. The fourth-order valence-corrected chi connectivity index (χ4v) is 1.68. The van der Waals surface area contributed by atoms with Crippen LogP contribution in [0.1, 0.15) is 27.7 Å². The molecule has 0 aliphatic carbocycles. The summed E-state index contributed by atoms with van der Waals surface area (Å²) >= 11 is 0. The second-order valence-corrected chi connectivity index (χ2v) is 5.37. The molecule has 1 aliphatic rings. The number of likely N-dealkylation sites (N-methyl/N-ethyl adjacent to an activating group) is 1. The van der Waals surface area contributed by atoms with Gasteiger partial charge in [-0.25, -0.2) is 0 Å². The molecule has 0 aromatic carbocycles. The van der Waals surface area contributed by atoms with Gasteiger partial charge in [0.15, 0.2) is 0 Å². The fraction of sp³-hybridized carbons (Fsp3) is 0.909. The Morgan fingerprint density at radius 2 is 1.86 bits per heavy atom. The topological polar surface area (TPSA) is 23.6 Å². The predicted octanol–water partition coefficient (Wildman–Crippen LogP) is 1.19. The smallest absolute Gasteiger partial charge is 0.237 e. The van der Waals surface area contributed by atoms with Crippen molar-refractivity contribution in [1.82, 2.24) is 9.80 Å². The Kier molecular flexibility index (Phi) is 3.20. The number of carbonyl (C=O) groups is 1. The van der Waals surface area contributed by atoms with Crippen molar-refractivity contribution < 1.29 is 4.79 Å². The minimum atomic E-state index is 0.172. The molecule has 0 saturated carbocycles. The van der Waals surface area contributed by atoms with Crippen molar-refractivity contribution in [3.05, 3.63) is 0 Å². The Morgan fingerprint density at radius 3 is 2.29 bits per heavy atom. The highest BCUT2D eigenvalue weighted by molar-refractivity contribution is 5.79. The summed E-state index contributed by atoms with van der Waals surface area (Å²) in [5.74, 6) is 0.265. The molecule has 0 radical (unpaired) electrons. The van der Waals surface area contributed by atoms with E-state index in [9.17, 15) is 4.79 Å². The second-order valence-electron chi connectivity index (χ2n) is 5.37. The van der Waals surface area contributed by atoms with Crippen molar-refractivity contribution in [2.24, 2.45) is 5.41 Å². The number of piperazine rings is 1. The zero-order valence-corrected chi connectivity index (χ0v) is 10.0. The molecule has 0 aromatic heterocycles. The second kappa shape index (κ2) is 3.89.